The summed E-state index contributed by atoms with van der Waals surface area (Å²) in [7, 11) is -1.83. The summed E-state index contributed by atoms with van der Waals surface area (Å²) < 4.78 is 30.7. The van der Waals surface area contributed by atoms with Crippen LogP contribution in [0.25, 0.3) is 6.08 Å². The summed E-state index contributed by atoms with van der Waals surface area (Å²) in [6.45, 7) is 27.4. The molecule has 0 N–H and O–H groups in total. The predicted octanol–water partition coefficient (Wildman–Crippen LogP) is 8.44. The van der Waals surface area contributed by atoms with Gasteiger partial charge in [-0.2, -0.15) is 0 Å². The first-order chi connectivity index (χ1) is 18.2. The number of benzene rings is 1. The molecule has 2 aliphatic rings. The van der Waals surface area contributed by atoms with Crippen LogP contribution in [-0.4, -0.2) is 44.2 Å². The van der Waals surface area contributed by atoms with Gasteiger partial charge in [0.2, 0.25) is 5.79 Å². The summed E-state index contributed by atoms with van der Waals surface area (Å²) in [6.07, 6.45) is 9.09. The molecule has 0 radical (unpaired) electrons. The number of hydrogen-bond acceptors (Lipinski definition) is 6. The molecule has 1 unspecified atom stereocenters. The Balaban J connectivity index is 1.71. The summed E-state index contributed by atoms with van der Waals surface area (Å²) >= 11 is 0. The number of aryl methyl sites for hydroxylation is 1. The Morgan fingerprint density at radius 1 is 1.00 bits per heavy atom. The number of carbonyl (C=O) groups excluding carboxylic acids is 1. The van der Waals surface area contributed by atoms with Gasteiger partial charge in [0, 0.05) is 25.9 Å². The van der Waals surface area contributed by atoms with Crippen molar-refractivity contribution in [3.63, 3.8) is 0 Å². The van der Waals surface area contributed by atoms with E-state index in [2.05, 4.69) is 72.9 Å². The van der Waals surface area contributed by atoms with E-state index >= 15 is 0 Å². The zero-order chi connectivity index (χ0) is 30.3. The third-order valence-electron chi connectivity index (χ3n) is 8.33. The fourth-order valence-corrected chi connectivity index (χ4v) is 6.45. The van der Waals surface area contributed by atoms with E-state index in [0.29, 0.717) is 17.7 Å². The Labute approximate surface area is 243 Å². The highest BCUT2D eigenvalue weighted by Crippen LogP contribution is 2.39. The molecule has 2 heterocycles. The van der Waals surface area contributed by atoms with Crippen molar-refractivity contribution < 1.29 is 28.2 Å². The van der Waals surface area contributed by atoms with Gasteiger partial charge in [-0.3, -0.25) is 0 Å². The lowest BCUT2D eigenvalue weighted by atomic mass is 9.94. The molecular formula is C33H52O6Si. The van der Waals surface area contributed by atoms with Crippen LogP contribution in [0.2, 0.25) is 18.1 Å². The third-order valence-corrected chi connectivity index (χ3v) is 12.9. The lowest BCUT2D eigenvalue weighted by molar-refractivity contribution is -0.148. The maximum absolute atomic E-state index is 12.8. The molecule has 2 aliphatic heterocycles. The van der Waals surface area contributed by atoms with Crippen LogP contribution in [0.1, 0.15) is 97.1 Å². The number of esters is 1. The minimum Gasteiger partial charge on any atom is -0.452 e. The minimum atomic E-state index is -1.83. The largest absolute Gasteiger partial charge is 0.452 e. The van der Waals surface area contributed by atoms with E-state index in [1.54, 1.807) is 13.8 Å². The van der Waals surface area contributed by atoms with Gasteiger partial charge in [0.1, 0.15) is 11.3 Å². The lowest BCUT2D eigenvalue weighted by Gasteiger charge is -2.39. The lowest BCUT2D eigenvalue weighted by Crippen LogP contribution is -2.44. The number of carbonyl (C=O) groups is 1. The van der Waals surface area contributed by atoms with Gasteiger partial charge in [0.25, 0.3) is 0 Å². The van der Waals surface area contributed by atoms with Crippen LogP contribution in [0.3, 0.4) is 0 Å². The zero-order valence-corrected chi connectivity index (χ0v) is 28.0. The minimum absolute atomic E-state index is 0.0970. The van der Waals surface area contributed by atoms with Crippen molar-refractivity contribution in [1.29, 1.82) is 0 Å². The van der Waals surface area contributed by atoms with Crippen LogP contribution in [-0.2, 0) is 18.6 Å². The standard InChI is InChI=1S/C33H52O6Si/c1-21-19-25(28-27(20-21)36-33(10,11)38-30(28)34)15-14-16-26-29(37-32(8,9)35-26)23(3)18-17-22(2)24(4)39-40(12,13)31(5,6)7/h14-15,17-20,22-24,26,29H,16H2,1-13H3/b15-14+,18-17-/t22-,23?,24+,26+,29-/m1/s1. The summed E-state index contributed by atoms with van der Waals surface area (Å²) in [5, 5.41) is 0.182. The van der Waals surface area contributed by atoms with E-state index in [1.807, 2.05) is 39.0 Å². The summed E-state index contributed by atoms with van der Waals surface area (Å²) in [5.74, 6) is -1.03. The van der Waals surface area contributed by atoms with Crippen molar-refractivity contribution in [3.05, 3.63) is 47.1 Å². The highest BCUT2D eigenvalue weighted by molar-refractivity contribution is 6.74. The Hall–Kier alpha value is -1.93. The Kier molecular flexibility index (Phi) is 9.57. The second-order valence-electron chi connectivity index (χ2n) is 14.1. The summed E-state index contributed by atoms with van der Waals surface area (Å²) in [4.78, 5) is 12.8. The molecule has 224 valence electrons. The van der Waals surface area contributed by atoms with Crippen molar-refractivity contribution in [1.82, 2.24) is 0 Å². The normalized spacial score (nSPS) is 25.0. The second-order valence-corrected chi connectivity index (χ2v) is 18.8. The number of ether oxygens (including phenoxy) is 4. The van der Waals surface area contributed by atoms with Gasteiger partial charge in [-0.1, -0.05) is 65.0 Å². The first kappa shape index (κ1) is 32.6. The first-order valence-corrected chi connectivity index (χ1v) is 17.6. The van der Waals surface area contributed by atoms with Gasteiger partial charge < -0.3 is 23.4 Å². The topological polar surface area (TPSA) is 63.2 Å². The fourth-order valence-electron chi connectivity index (χ4n) is 4.96. The molecule has 0 amide bonds. The first-order valence-electron chi connectivity index (χ1n) is 14.7. The molecule has 0 saturated carbocycles. The molecule has 0 aromatic heterocycles. The van der Waals surface area contributed by atoms with E-state index in [9.17, 15) is 4.79 Å². The summed E-state index contributed by atoms with van der Waals surface area (Å²) in [5.41, 5.74) is 2.26. The third kappa shape index (κ3) is 7.87. The number of cyclic esters (lactones) is 1. The average Bonchev–Trinajstić information content (AvgIpc) is 3.08. The van der Waals surface area contributed by atoms with Crippen LogP contribution in [0, 0.1) is 18.8 Å². The molecule has 1 saturated heterocycles. The van der Waals surface area contributed by atoms with E-state index in [4.69, 9.17) is 23.4 Å². The van der Waals surface area contributed by atoms with Gasteiger partial charge in [0.15, 0.2) is 14.1 Å². The fraction of sp³-hybridized carbons (Fsp3) is 0.667. The van der Waals surface area contributed by atoms with Gasteiger partial charge >= 0.3 is 5.97 Å². The number of fused-ring (bicyclic) bond motifs is 1. The van der Waals surface area contributed by atoms with Crippen LogP contribution in [0.15, 0.2) is 30.4 Å². The smallest absolute Gasteiger partial charge is 0.345 e. The predicted molar refractivity (Wildman–Crippen MR) is 164 cm³/mol. The Morgan fingerprint density at radius 2 is 1.65 bits per heavy atom. The maximum Gasteiger partial charge on any atom is 0.345 e. The van der Waals surface area contributed by atoms with Gasteiger partial charge in [0.05, 0.1) is 12.2 Å². The molecule has 3 rings (SSSR count). The molecule has 1 aromatic rings. The molecule has 0 aliphatic carbocycles. The Bertz CT molecular complexity index is 1130. The molecular weight excluding hydrogens is 520 g/mol. The molecule has 7 heteroatoms. The molecule has 1 fully saturated rings. The molecule has 40 heavy (non-hydrogen) atoms. The van der Waals surface area contributed by atoms with Gasteiger partial charge in [-0.15, -0.1) is 0 Å². The van der Waals surface area contributed by atoms with E-state index in [-0.39, 0.29) is 41.2 Å². The SMILES string of the molecule is Cc1cc(/C=C/C[C@@H]2OC(C)(C)O[C@@H]2C(C)/C=C\[C@@H](C)[C@H](C)O[Si](C)(C)C(C)(C)C)c2c(c1)OC(C)(C)OC2=O. The molecule has 0 spiro atoms. The van der Waals surface area contributed by atoms with Crippen molar-refractivity contribution in [2.75, 3.05) is 0 Å². The molecule has 5 atom stereocenters. The molecule has 1 aromatic carbocycles. The summed E-state index contributed by atoms with van der Waals surface area (Å²) in [6, 6.07) is 3.86. The monoisotopic (exact) mass is 572 g/mol. The van der Waals surface area contributed by atoms with E-state index in [0.717, 1.165) is 11.1 Å². The van der Waals surface area contributed by atoms with Crippen LogP contribution in [0.4, 0.5) is 0 Å². The van der Waals surface area contributed by atoms with Crippen molar-refractivity contribution >= 4 is 20.4 Å². The average molecular weight is 573 g/mol. The molecule has 6 nitrogen and oxygen atoms in total. The van der Waals surface area contributed by atoms with Crippen molar-refractivity contribution in [3.8, 4) is 5.75 Å². The Morgan fingerprint density at radius 3 is 2.27 bits per heavy atom. The van der Waals surface area contributed by atoms with E-state index < -0.39 is 19.9 Å². The number of rotatable bonds is 9. The van der Waals surface area contributed by atoms with Crippen LogP contribution < -0.4 is 4.74 Å². The van der Waals surface area contributed by atoms with Crippen LogP contribution >= 0.6 is 0 Å². The van der Waals surface area contributed by atoms with Gasteiger partial charge in [-0.25, -0.2) is 4.79 Å². The maximum atomic E-state index is 12.8. The van der Waals surface area contributed by atoms with Gasteiger partial charge in [-0.05, 0) is 75.4 Å². The van der Waals surface area contributed by atoms with Crippen molar-refractivity contribution in [2.45, 2.75) is 131 Å². The van der Waals surface area contributed by atoms with Crippen molar-refractivity contribution in [2.24, 2.45) is 11.8 Å². The van der Waals surface area contributed by atoms with Crippen LogP contribution in [0.5, 0.6) is 5.75 Å². The highest BCUT2D eigenvalue weighted by atomic mass is 28.4. The highest BCUT2D eigenvalue weighted by Gasteiger charge is 2.43. The second kappa shape index (κ2) is 11.7. The quantitative estimate of drug-likeness (QED) is 0.168. The number of hydrogen-bond donors (Lipinski definition) is 0. The van der Waals surface area contributed by atoms with E-state index in [1.165, 1.54) is 0 Å². The molecule has 0 bridgehead atoms. The zero-order valence-electron chi connectivity index (χ0n) is 27.0.